The minimum atomic E-state index is -0.964. The largest absolute Gasteiger partial charge is 0.446 e. The molecule has 0 bridgehead atoms. The molecule has 6 heteroatoms. The van der Waals surface area contributed by atoms with Crippen LogP contribution < -0.4 is 0 Å². The van der Waals surface area contributed by atoms with Crippen molar-refractivity contribution in [2.45, 2.75) is 39.8 Å². The number of carbonyl (C=O) groups excluding carboxylic acids is 3. The lowest BCUT2D eigenvalue weighted by molar-refractivity contribution is -0.136. The average Bonchev–Trinajstić information content (AvgIpc) is 2.39. The SMILES string of the molecule is CC(C)OC(=O)N1C(=O)OC(=O)[C@@H]1C(C)C. The van der Waals surface area contributed by atoms with E-state index >= 15 is 0 Å². The number of cyclic esters (lactones) is 2. The molecule has 0 aliphatic carbocycles. The molecule has 0 spiro atoms. The molecule has 0 aromatic heterocycles. The molecule has 0 N–H and O–H groups in total. The molecule has 1 aliphatic rings. The van der Waals surface area contributed by atoms with Crippen LogP contribution >= 0.6 is 0 Å². The van der Waals surface area contributed by atoms with E-state index in [-0.39, 0.29) is 12.0 Å². The summed E-state index contributed by atoms with van der Waals surface area (Å²) in [6, 6.07) is -0.890. The van der Waals surface area contributed by atoms with E-state index in [0.29, 0.717) is 0 Å². The third-order valence-corrected chi connectivity index (χ3v) is 2.07. The minimum Gasteiger partial charge on any atom is -0.446 e. The highest BCUT2D eigenvalue weighted by Crippen LogP contribution is 2.22. The van der Waals surface area contributed by atoms with Crippen LogP contribution in [0.5, 0.6) is 0 Å². The first kappa shape index (κ1) is 12.5. The number of hydrogen-bond donors (Lipinski definition) is 0. The van der Waals surface area contributed by atoms with E-state index in [2.05, 4.69) is 4.74 Å². The first-order valence-corrected chi connectivity index (χ1v) is 5.10. The summed E-state index contributed by atoms with van der Waals surface area (Å²) in [5.41, 5.74) is 0. The van der Waals surface area contributed by atoms with Crippen molar-refractivity contribution in [2.24, 2.45) is 5.92 Å². The Hall–Kier alpha value is -1.59. The number of amides is 2. The summed E-state index contributed by atoms with van der Waals surface area (Å²) < 4.78 is 9.26. The number of imide groups is 1. The molecule has 0 radical (unpaired) electrons. The Labute approximate surface area is 93.5 Å². The first-order valence-electron chi connectivity index (χ1n) is 5.10. The summed E-state index contributed by atoms with van der Waals surface area (Å²) in [5.74, 6) is -0.917. The van der Waals surface area contributed by atoms with Crippen molar-refractivity contribution in [1.29, 1.82) is 0 Å². The maximum absolute atomic E-state index is 11.6. The predicted octanol–water partition coefficient (Wildman–Crippen LogP) is 1.53. The monoisotopic (exact) mass is 229 g/mol. The maximum Gasteiger partial charge on any atom is 0.427 e. The van der Waals surface area contributed by atoms with Crippen molar-refractivity contribution in [3.05, 3.63) is 0 Å². The van der Waals surface area contributed by atoms with E-state index in [1.165, 1.54) is 0 Å². The second-order valence-corrected chi connectivity index (χ2v) is 4.18. The first-order chi connectivity index (χ1) is 7.34. The van der Waals surface area contributed by atoms with Gasteiger partial charge >= 0.3 is 18.2 Å². The third kappa shape index (κ3) is 2.32. The van der Waals surface area contributed by atoms with E-state index in [9.17, 15) is 14.4 Å². The Balaban J connectivity index is 2.87. The summed E-state index contributed by atoms with van der Waals surface area (Å²) in [5, 5.41) is 0. The zero-order chi connectivity index (χ0) is 12.5. The Morgan fingerprint density at radius 2 is 1.88 bits per heavy atom. The Morgan fingerprint density at radius 1 is 1.31 bits per heavy atom. The van der Waals surface area contributed by atoms with E-state index in [1.54, 1.807) is 27.7 Å². The van der Waals surface area contributed by atoms with Gasteiger partial charge in [-0.15, -0.1) is 0 Å². The predicted molar refractivity (Wildman–Crippen MR) is 53.6 cm³/mol. The molecule has 1 atom stereocenters. The van der Waals surface area contributed by atoms with Gasteiger partial charge in [-0.1, -0.05) is 13.8 Å². The second kappa shape index (κ2) is 4.51. The summed E-state index contributed by atoms with van der Waals surface area (Å²) in [6.45, 7) is 6.76. The van der Waals surface area contributed by atoms with Gasteiger partial charge in [0.15, 0.2) is 0 Å². The molecular weight excluding hydrogens is 214 g/mol. The maximum atomic E-state index is 11.6. The van der Waals surface area contributed by atoms with Gasteiger partial charge in [-0.05, 0) is 19.8 Å². The van der Waals surface area contributed by atoms with Crippen LogP contribution in [0.25, 0.3) is 0 Å². The molecule has 1 aliphatic heterocycles. The molecule has 90 valence electrons. The number of carbonyl (C=O) groups is 3. The topological polar surface area (TPSA) is 72.9 Å². The molecular formula is C10H15NO5. The normalized spacial score (nSPS) is 20.6. The van der Waals surface area contributed by atoms with Crippen LogP contribution in [0.2, 0.25) is 0 Å². The number of ether oxygens (including phenoxy) is 2. The van der Waals surface area contributed by atoms with Crippen molar-refractivity contribution in [2.75, 3.05) is 0 Å². The second-order valence-electron chi connectivity index (χ2n) is 4.18. The quantitative estimate of drug-likeness (QED) is 0.530. The van der Waals surface area contributed by atoms with Crippen LogP contribution in [0.3, 0.4) is 0 Å². The fourth-order valence-electron chi connectivity index (χ4n) is 1.43. The molecule has 6 nitrogen and oxygen atoms in total. The lowest BCUT2D eigenvalue weighted by Crippen LogP contribution is -2.44. The molecule has 1 fully saturated rings. The van der Waals surface area contributed by atoms with Gasteiger partial charge in [-0.25, -0.2) is 14.4 Å². The lowest BCUT2D eigenvalue weighted by atomic mass is 10.0. The van der Waals surface area contributed by atoms with Gasteiger partial charge in [0.25, 0.3) is 0 Å². The molecule has 1 saturated heterocycles. The fraction of sp³-hybridized carbons (Fsp3) is 0.700. The highest BCUT2D eigenvalue weighted by atomic mass is 16.6. The highest BCUT2D eigenvalue weighted by molar-refractivity contribution is 6.03. The number of hydrogen-bond acceptors (Lipinski definition) is 5. The van der Waals surface area contributed by atoms with Crippen molar-refractivity contribution < 1.29 is 23.9 Å². The van der Waals surface area contributed by atoms with Crippen LogP contribution in [0, 0.1) is 5.92 Å². The van der Waals surface area contributed by atoms with Gasteiger partial charge in [-0.2, -0.15) is 4.90 Å². The molecule has 0 aromatic carbocycles. The van der Waals surface area contributed by atoms with Gasteiger partial charge in [0.05, 0.1) is 6.10 Å². The van der Waals surface area contributed by atoms with Crippen LogP contribution in [-0.2, 0) is 14.3 Å². The van der Waals surface area contributed by atoms with E-state index in [4.69, 9.17) is 4.74 Å². The zero-order valence-corrected chi connectivity index (χ0v) is 9.72. The van der Waals surface area contributed by atoms with Crippen LogP contribution in [-0.4, -0.2) is 35.2 Å². The van der Waals surface area contributed by atoms with Crippen LogP contribution in [0.1, 0.15) is 27.7 Å². The summed E-state index contributed by atoms with van der Waals surface area (Å²) in [7, 11) is 0. The Morgan fingerprint density at radius 3 is 2.31 bits per heavy atom. The third-order valence-electron chi connectivity index (χ3n) is 2.07. The summed E-state index contributed by atoms with van der Waals surface area (Å²) in [4.78, 5) is 34.9. The van der Waals surface area contributed by atoms with Gasteiger partial charge in [0, 0.05) is 0 Å². The van der Waals surface area contributed by atoms with Gasteiger partial charge in [0.2, 0.25) is 0 Å². The summed E-state index contributed by atoms with van der Waals surface area (Å²) >= 11 is 0. The standard InChI is InChI=1S/C10H15NO5/c1-5(2)7-8(12)16-10(14)11(7)9(13)15-6(3)4/h5-7H,1-4H3/t7-/m0/s1. The highest BCUT2D eigenvalue weighted by Gasteiger charge is 2.47. The Kier molecular flexibility index (Phi) is 3.51. The van der Waals surface area contributed by atoms with Crippen LogP contribution in [0.4, 0.5) is 9.59 Å². The molecule has 1 heterocycles. The van der Waals surface area contributed by atoms with Crippen molar-refractivity contribution >= 4 is 18.2 Å². The number of nitrogens with zero attached hydrogens (tertiary/aromatic N) is 1. The fourth-order valence-corrected chi connectivity index (χ4v) is 1.43. The lowest BCUT2D eigenvalue weighted by Gasteiger charge is -2.21. The van der Waals surface area contributed by atoms with Gasteiger partial charge < -0.3 is 9.47 Å². The minimum absolute atomic E-state index is 0.210. The van der Waals surface area contributed by atoms with Crippen molar-refractivity contribution in [1.82, 2.24) is 4.90 Å². The average molecular weight is 229 g/mol. The molecule has 0 saturated carbocycles. The van der Waals surface area contributed by atoms with Crippen molar-refractivity contribution in [3.63, 3.8) is 0 Å². The molecule has 0 unspecified atom stereocenters. The summed E-state index contributed by atoms with van der Waals surface area (Å²) in [6.07, 6.45) is -2.16. The molecule has 16 heavy (non-hydrogen) atoms. The number of esters is 1. The smallest absolute Gasteiger partial charge is 0.427 e. The van der Waals surface area contributed by atoms with Crippen LogP contribution in [0.15, 0.2) is 0 Å². The zero-order valence-electron chi connectivity index (χ0n) is 9.72. The van der Waals surface area contributed by atoms with E-state index < -0.39 is 24.2 Å². The van der Waals surface area contributed by atoms with Crippen molar-refractivity contribution in [3.8, 4) is 0 Å². The van der Waals surface area contributed by atoms with E-state index in [1.807, 2.05) is 0 Å². The number of rotatable bonds is 2. The van der Waals surface area contributed by atoms with Gasteiger partial charge in [0.1, 0.15) is 6.04 Å². The van der Waals surface area contributed by atoms with Gasteiger partial charge in [-0.3, -0.25) is 0 Å². The molecule has 1 rings (SSSR count). The van der Waals surface area contributed by atoms with E-state index in [0.717, 1.165) is 4.90 Å². The Bertz CT molecular complexity index is 323. The molecule has 2 amide bonds. The molecule has 0 aromatic rings.